The van der Waals surface area contributed by atoms with Gasteiger partial charge in [-0.2, -0.15) is 13.2 Å². The Morgan fingerprint density at radius 2 is 1.94 bits per heavy atom. The summed E-state index contributed by atoms with van der Waals surface area (Å²) in [5.74, 6) is -0.921. The molecule has 0 bridgehead atoms. The molecule has 1 aromatic carbocycles. The smallest absolute Gasteiger partial charge is 0.411 e. The van der Waals surface area contributed by atoms with E-state index in [0.717, 1.165) is 5.56 Å². The Balaban J connectivity index is 2.92. The van der Waals surface area contributed by atoms with Crippen LogP contribution in [0.15, 0.2) is 48.1 Å². The van der Waals surface area contributed by atoms with Gasteiger partial charge in [0.2, 0.25) is 0 Å². The molecule has 2 nitrogen and oxygen atoms in total. The number of oxime groups is 1. The van der Waals surface area contributed by atoms with Crippen molar-refractivity contribution >= 4 is 5.71 Å². The second-order valence-electron chi connectivity index (χ2n) is 3.89. The molecule has 0 amide bonds. The second kappa shape index (κ2) is 6.23. The third-order valence-electron chi connectivity index (χ3n) is 2.56. The van der Waals surface area contributed by atoms with Gasteiger partial charge in [0.15, 0.2) is 5.71 Å². The number of hydrogen-bond acceptors (Lipinski definition) is 2. The van der Waals surface area contributed by atoms with Crippen LogP contribution in [0.1, 0.15) is 12.0 Å². The summed E-state index contributed by atoms with van der Waals surface area (Å²) >= 11 is 0. The molecule has 0 aliphatic carbocycles. The van der Waals surface area contributed by atoms with Crippen LogP contribution in [0.25, 0.3) is 0 Å². The van der Waals surface area contributed by atoms with Crippen molar-refractivity contribution < 1.29 is 18.4 Å². The molecule has 0 spiro atoms. The molecule has 1 N–H and O–H groups in total. The summed E-state index contributed by atoms with van der Waals surface area (Å²) in [6.07, 6.45) is -2.97. The lowest BCUT2D eigenvalue weighted by Gasteiger charge is -2.18. The minimum absolute atomic E-state index is 0.105. The third-order valence-corrected chi connectivity index (χ3v) is 2.56. The molecule has 18 heavy (non-hydrogen) atoms. The number of nitrogens with zero attached hydrogens (tertiary/aromatic N) is 1. The van der Waals surface area contributed by atoms with Crippen LogP contribution in [0, 0.1) is 5.92 Å². The fraction of sp³-hybridized carbons (Fsp3) is 0.308. The lowest BCUT2D eigenvalue weighted by atomic mass is 9.91. The fourth-order valence-electron chi connectivity index (χ4n) is 1.76. The Bertz CT molecular complexity index is 412. The Kier molecular flexibility index (Phi) is 4.95. The zero-order valence-corrected chi connectivity index (χ0v) is 9.69. The summed E-state index contributed by atoms with van der Waals surface area (Å²) in [7, 11) is 0. The van der Waals surface area contributed by atoms with Gasteiger partial charge >= 0.3 is 6.18 Å². The summed E-state index contributed by atoms with van der Waals surface area (Å²) < 4.78 is 38.0. The van der Waals surface area contributed by atoms with Gasteiger partial charge in [-0.1, -0.05) is 41.6 Å². The predicted octanol–water partition coefficient (Wildman–Crippen LogP) is 3.81. The Hall–Kier alpha value is -1.78. The van der Waals surface area contributed by atoms with E-state index in [1.807, 2.05) is 0 Å². The molecule has 1 unspecified atom stereocenters. The highest BCUT2D eigenvalue weighted by Crippen LogP contribution is 2.27. The van der Waals surface area contributed by atoms with Crippen molar-refractivity contribution in [3.8, 4) is 0 Å². The number of benzene rings is 1. The molecule has 0 heterocycles. The minimum Gasteiger partial charge on any atom is -0.411 e. The summed E-state index contributed by atoms with van der Waals surface area (Å²) in [5, 5.41) is 11.0. The topological polar surface area (TPSA) is 32.6 Å². The molecular weight excluding hydrogens is 243 g/mol. The van der Waals surface area contributed by atoms with Crippen LogP contribution in [-0.2, 0) is 6.42 Å². The Morgan fingerprint density at radius 1 is 1.33 bits per heavy atom. The maximum Gasteiger partial charge on any atom is 0.433 e. The van der Waals surface area contributed by atoms with Crippen LogP contribution < -0.4 is 0 Å². The van der Waals surface area contributed by atoms with Crippen LogP contribution >= 0.6 is 0 Å². The van der Waals surface area contributed by atoms with Crippen LogP contribution in [0.5, 0.6) is 0 Å². The Labute approximate surface area is 103 Å². The van der Waals surface area contributed by atoms with Crippen LogP contribution in [-0.4, -0.2) is 17.1 Å². The van der Waals surface area contributed by atoms with Crippen LogP contribution in [0.2, 0.25) is 0 Å². The van der Waals surface area contributed by atoms with Gasteiger partial charge in [0, 0.05) is 5.92 Å². The van der Waals surface area contributed by atoms with E-state index < -0.39 is 17.8 Å². The molecule has 0 aliphatic rings. The van der Waals surface area contributed by atoms with E-state index in [4.69, 9.17) is 5.21 Å². The molecule has 5 heteroatoms. The van der Waals surface area contributed by atoms with Crippen molar-refractivity contribution in [1.82, 2.24) is 0 Å². The van der Waals surface area contributed by atoms with Gasteiger partial charge < -0.3 is 5.21 Å². The normalized spacial score (nSPS) is 14.3. The minimum atomic E-state index is -4.63. The van der Waals surface area contributed by atoms with E-state index in [9.17, 15) is 13.2 Å². The van der Waals surface area contributed by atoms with Gasteiger partial charge in [-0.25, -0.2) is 0 Å². The molecule has 0 radical (unpaired) electrons. The van der Waals surface area contributed by atoms with Gasteiger partial charge in [-0.15, -0.1) is 6.58 Å². The van der Waals surface area contributed by atoms with E-state index in [0.29, 0.717) is 0 Å². The molecule has 1 rings (SSSR count). The first-order valence-electron chi connectivity index (χ1n) is 5.43. The SMILES string of the molecule is C=CCC(Cc1ccccc1)/C(=N/O)C(F)(F)F. The summed E-state index contributed by atoms with van der Waals surface area (Å²) in [6, 6.07) is 8.77. The highest BCUT2D eigenvalue weighted by Gasteiger charge is 2.41. The van der Waals surface area contributed by atoms with Crippen molar-refractivity contribution in [3.63, 3.8) is 0 Å². The third kappa shape index (κ3) is 3.91. The first-order chi connectivity index (χ1) is 8.49. The largest absolute Gasteiger partial charge is 0.433 e. The van der Waals surface area contributed by atoms with Crippen molar-refractivity contribution in [3.05, 3.63) is 48.6 Å². The van der Waals surface area contributed by atoms with Gasteiger partial charge in [0.05, 0.1) is 0 Å². The molecule has 0 aliphatic heterocycles. The summed E-state index contributed by atoms with van der Waals surface area (Å²) in [6.45, 7) is 3.44. The van der Waals surface area contributed by atoms with Crippen LogP contribution in [0.3, 0.4) is 0 Å². The fourth-order valence-corrected chi connectivity index (χ4v) is 1.76. The molecule has 1 aromatic rings. The lowest BCUT2D eigenvalue weighted by Crippen LogP contribution is -2.32. The molecule has 1 atom stereocenters. The molecule has 0 saturated heterocycles. The molecule has 0 fully saturated rings. The van der Waals surface area contributed by atoms with E-state index in [1.54, 1.807) is 30.3 Å². The van der Waals surface area contributed by atoms with E-state index in [2.05, 4.69) is 11.7 Å². The number of allylic oxidation sites excluding steroid dienone is 1. The standard InChI is InChI=1S/C13H14F3NO/c1-2-6-11(12(17-18)13(14,15)16)9-10-7-4-3-5-8-10/h2-5,7-8,11,18H,1,6,9H2/b17-12-. The quantitative estimate of drug-likeness (QED) is 0.370. The van der Waals surface area contributed by atoms with Crippen molar-refractivity contribution in [1.29, 1.82) is 0 Å². The highest BCUT2D eigenvalue weighted by atomic mass is 19.4. The highest BCUT2D eigenvalue weighted by molar-refractivity contribution is 5.91. The molecule has 0 saturated carbocycles. The van der Waals surface area contributed by atoms with Gasteiger partial charge in [-0.05, 0) is 18.4 Å². The predicted molar refractivity (Wildman–Crippen MR) is 63.7 cm³/mol. The first kappa shape index (κ1) is 14.3. The zero-order chi connectivity index (χ0) is 13.6. The van der Waals surface area contributed by atoms with Crippen molar-refractivity contribution in [2.75, 3.05) is 0 Å². The molecule has 98 valence electrons. The average molecular weight is 257 g/mol. The van der Waals surface area contributed by atoms with E-state index >= 15 is 0 Å². The number of alkyl halides is 3. The number of hydrogen-bond donors (Lipinski definition) is 1. The molecule has 0 aromatic heterocycles. The zero-order valence-electron chi connectivity index (χ0n) is 9.69. The maximum absolute atomic E-state index is 12.7. The van der Waals surface area contributed by atoms with Gasteiger partial charge in [0.1, 0.15) is 0 Å². The van der Waals surface area contributed by atoms with Gasteiger partial charge in [0.25, 0.3) is 0 Å². The van der Waals surface area contributed by atoms with E-state index in [-0.39, 0.29) is 12.8 Å². The van der Waals surface area contributed by atoms with E-state index in [1.165, 1.54) is 6.08 Å². The van der Waals surface area contributed by atoms with Crippen molar-refractivity contribution in [2.45, 2.75) is 19.0 Å². The van der Waals surface area contributed by atoms with Crippen molar-refractivity contribution in [2.24, 2.45) is 11.1 Å². The Morgan fingerprint density at radius 3 is 2.39 bits per heavy atom. The first-order valence-corrected chi connectivity index (χ1v) is 5.43. The number of halogens is 3. The maximum atomic E-state index is 12.7. The summed E-state index contributed by atoms with van der Waals surface area (Å²) in [4.78, 5) is 0. The van der Waals surface area contributed by atoms with Crippen LogP contribution in [0.4, 0.5) is 13.2 Å². The molecular formula is C13H14F3NO. The summed E-state index contributed by atoms with van der Waals surface area (Å²) in [5.41, 5.74) is -0.402. The lowest BCUT2D eigenvalue weighted by molar-refractivity contribution is -0.0652. The monoisotopic (exact) mass is 257 g/mol. The number of rotatable bonds is 5. The second-order valence-corrected chi connectivity index (χ2v) is 3.89. The average Bonchev–Trinajstić information content (AvgIpc) is 2.29. The van der Waals surface area contributed by atoms with Gasteiger partial charge in [-0.3, -0.25) is 0 Å².